The van der Waals surface area contributed by atoms with Crippen molar-refractivity contribution in [3.05, 3.63) is 154 Å². The van der Waals surface area contributed by atoms with Crippen LogP contribution in [0.4, 0.5) is 0 Å². The Kier molecular flexibility index (Phi) is 29.3. The minimum Gasteiger partial charge on any atom is -0.497 e. The highest BCUT2D eigenvalue weighted by molar-refractivity contribution is 5.82. The molecule has 6 aromatic rings. The summed E-state index contributed by atoms with van der Waals surface area (Å²) in [6.45, 7) is 20.7. The van der Waals surface area contributed by atoms with Gasteiger partial charge >= 0.3 is 0 Å². The van der Waals surface area contributed by atoms with Crippen molar-refractivity contribution in [3.8, 4) is 45.6 Å². The third kappa shape index (κ3) is 21.8. The van der Waals surface area contributed by atoms with E-state index in [0.29, 0.717) is 50.1 Å². The van der Waals surface area contributed by atoms with Gasteiger partial charge in [0.05, 0.1) is 40.6 Å². The fraction of sp³-hybridized carbons (Fsp3) is 0.447. The zero-order valence-electron chi connectivity index (χ0n) is 52.8. The molecule has 0 spiro atoms. The van der Waals surface area contributed by atoms with Crippen molar-refractivity contribution in [2.75, 3.05) is 40.6 Å². The van der Waals surface area contributed by atoms with Gasteiger partial charge in [0.15, 0.2) is 0 Å². The van der Waals surface area contributed by atoms with Crippen molar-refractivity contribution in [1.82, 2.24) is 9.97 Å². The van der Waals surface area contributed by atoms with E-state index in [1.54, 1.807) is 14.2 Å². The van der Waals surface area contributed by atoms with Crippen molar-refractivity contribution < 1.29 is 28.4 Å². The van der Waals surface area contributed by atoms with Gasteiger partial charge in [0.2, 0.25) is 0 Å². The van der Waals surface area contributed by atoms with Crippen LogP contribution in [0.15, 0.2) is 110 Å². The van der Waals surface area contributed by atoms with Crippen LogP contribution in [0.5, 0.6) is 34.5 Å². The van der Waals surface area contributed by atoms with Gasteiger partial charge in [0, 0.05) is 58.2 Å². The molecule has 4 aromatic carbocycles. The van der Waals surface area contributed by atoms with Gasteiger partial charge in [0.25, 0.3) is 0 Å². The van der Waals surface area contributed by atoms with Gasteiger partial charge in [-0.05, 0) is 132 Å². The summed E-state index contributed by atoms with van der Waals surface area (Å²) in [6, 6.07) is 29.3. The minimum atomic E-state index is 0.466. The fourth-order valence-corrected chi connectivity index (χ4v) is 10.2. The molecule has 84 heavy (non-hydrogen) atoms. The van der Waals surface area contributed by atoms with Crippen LogP contribution >= 0.6 is 0 Å². The standard InChI is InChI=1S/C76H100N2O6/c1-11-19-23-57(15-5)53-81-73-47-67(75(83-55-59(17-7)25-21-13-3)45-65(73)35-27-61-31-39-71(79-9)40-32-61)37-29-63-43-69(51-77-49-63)70-44-64(50-78-52-70)30-38-68-48-74(82-54-58(16-6)24-20-12-2)66(36-28-62-33-41-72(80-10)42-34-62)46-76(68)84-56-60(18-8)26-22-14-4/h27-52,57-60H,11-26,53-56H2,1-10H3. The van der Waals surface area contributed by atoms with Gasteiger partial charge in [-0.2, -0.15) is 0 Å². The van der Waals surface area contributed by atoms with Gasteiger partial charge in [0.1, 0.15) is 34.5 Å². The molecule has 8 heteroatoms. The molecule has 0 saturated carbocycles. The van der Waals surface area contributed by atoms with Gasteiger partial charge in [-0.25, -0.2) is 0 Å². The normalized spacial score (nSPS) is 13.2. The van der Waals surface area contributed by atoms with E-state index in [1.807, 2.05) is 49.1 Å². The summed E-state index contributed by atoms with van der Waals surface area (Å²) in [7, 11) is 3.39. The predicted octanol–water partition coefficient (Wildman–Crippen LogP) is 21.2. The fourth-order valence-electron chi connectivity index (χ4n) is 10.2. The van der Waals surface area contributed by atoms with Gasteiger partial charge in [-0.3, -0.25) is 9.97 Å². The molecule has 0 N–H and O–H groups in total. The smallest absolute Gasteiger partial charge is 0.127 e. The molecule has 4 atom stereocenters. The predicted molar refractivity (Wildman–Crippen MR) is 357 cm³/mol. The lowest BCUT2D eigenvalue weighted by molar-refractivity contribution is 0.227. The van der Waals surface area contributed by atoms with Crippen molar-refractivity contribution >= 4 is 48.6 Å². The summed E-state index contributed by atoms with van der Waals surface area (Å²) in [5.41, 5.74) is 9.91. The number of unbranched alkanes of at least 4 members (excludes halogenated alkanes) is 4. The zero-order chi connectivity index (χ0) is 59.7. The number of hydrogen-bond acceptors (Lipinski definition) is 8. The van der Waals surface area contributed by atoms with E-state index >= 15 is 0 Å². The number of ether oxygens (including phenoxy) is 6. The number of hydrogen-bond donors (Lipinski definition) is 0. The third-order valence-electron chi connectivity index (χ3n) is 16.3. The minimum absolute atomic E-state index is 0.466. The Hall–Kier alpha value is -7.06. The van der Waals surface area contributed by atoms with Crippen LogP contribution in [0, 0.1) is 23.7 Å². The first-order valence-corrected chi connectivity index (χ1v) is 31.9. The van der Waals surface area contributed by atoms with Crippen molar-refractivity contribution in [3.63, 3.8) is 0 Å². The summed E-state index contributed by atoms with van der Waals surface area (Å²) in [5, 5.41) is 0. The number of rotatable bonds is 39. The Bertz CT molecular complexity index is 2760. The van der Waals surface area contributed by atoms with Gasteiger partial charge < -0.3 is 28.4 Å². The van der Waals surface area contributed by atoms with Gasteiger partial charge in [-0.1, -0.05) is 205 Å². The topological polar surface area (TPSA) is 81.2 Å². The molecule has 0 radical (unpaired) electrons. The third-order valence-corrected chi connectivity index (χ3v) is 16.3. The average molecular weight is 1140 g/mol. The Morgan fingerprint density at radius 2 is 0.607 bits per heavy atom. The van der Waals surface area contributed by atoms with Crippen LogP contribution < -0.4 is 28.4 Å². The Balaban J connectivity index is 1.35. The average Bonchev–Trinajstić information content (AvgIpc) is 3.54. The first-order valence-electron chi connectivity index (χ1n) is 31.9. The largest absolute Gasteiger partial charge is 0.497 e. The maximum Gasteiger partial charge on any atom is 0.127 e. The second-order valence-corrected chi connectivity index (χ2v) is 22.7. The molecule has 0 aliphatic heterocycles. The molecular formula is C76H100N2O6. The van der Waals surface area contributed by atoms with E-state index in [1.165, 1.54) is 51.4 Å². The van der Waals surface area contributed by atoms with Crippen molar-refractivity contribution in [1.29, 1.82) is 0 Å². The van der Waals surface area contributed by atoms with E-state index in [4.69, 9.17) is 38.4 Å². The molecule has 6 rings (SSSR count). The van der Waals surface area contributed by atoms with Crippen LogP contribution in [0.25, 0.3) is 59.7 Å². The van der Waals surface area contributed by atoms with Gasteiger partial charge in [-0.15, -0.1) is 0 Å². The van der Waals surface area contributed by atoms with E-state index in [0.717, 1.165) is 141 Å². The van der Waals surface area contributed by atoms with E-state index in [-0.39, 0.29) is 0 Å². The maximum atomic E-state index is 6.84. The lowest BCUT2D eigenvalue weighted by Crippen LogP contribution is -2.13. The van der Waals surface area contributed by atoms with Crippen molar-refractivity contribution in [2.24, 2.45) is 23.7 Å². The summed E-state index contributed by atoms with van der Waals surface area (Å²) < 4.78 is 38.2. The first-order chi connectivity index (χ1) is 41.2. The lowest BCUT2D eigenvalue weighted by Gasteiger charge is -2.20. The number of benzene rings is 4. The van der Waals surface area contributed by atoms with Crippen LogP contribution in [0.3, 0.4) is 0 Å². The Morgan fingerprint density at radius 1 is 0.333 bits per heavy atom. The van der Waals surface area contributed by atoms with Crippen LogP contribution in [-0.4, -0.2) is 50.6 Å². The molecule has 8 nitrogen and oxygen atoms in total. The molecule has 4 unspecified atom stereocenters. The molecule has 0 fully saturated rings. The highest BCUT2D eigenvalue weighted by Gasteiger charge is 2.18. The second-order valence-electron chi connectivity index (χ2n) is 22.7. The number of nitrogens with zero attached hydrogens (tertiary/aromatic N) is 2. The number of methoxy groups -OCH3 is 2. The quantitative estimate of drug-likeness (QED) is 0.0353. The molecular weight excluding hydrogens is 1040 g/mol. The Morgan fingerprint density at radius 3 is 0.857 bits per heavy atom. The summed E-state index contributed by atoms with van der Waals surface area (Å²) in [4.78, 5) is 9.54. The van der Waals surface area contributed by atoms with Crippen LogP contribution in [0.1, 0.15) is 203 Å². The molecule has 2 heterocycles. The van der Waals surface area contributed by atoms with Crippen molar-refractivity contribution in [2.45, 2.75) is 158 Å². The molecule has 0 aliphatic carbocycles. The van der Waals surface area contributed by atoms with E-state index in [2.05, 4.69) is 165 Å². The molecule has 0 saturated heterocycles. The van der Waals surface area contributed by atoms with Crippen LogP contribution in [0.2, 0.25) is 0 Å². The maximum absolute atomic E-state index is 6.84. The highest BCUT2D eigenvalue weighted by atomic mass is 16.5. The lowest BCUT2D eigenvalue weighted by atomic mass is 10.00. The van der Waals surface area contributed by atoms with E-state index < -0.39 is 0 Å². The Labute approximate surface area is 506 Å². The molecule has 0 bridgehead atoms. The molecule has 0 amide bonds. The highest BCUT2D eigenvalue weighted by Crippen LogP contribution is 2.37. The van der Waals surface area contributed by atoms with E-state index in [9.17, 15) is 0 Å². The van der Waals surface area contributed by atoms with Crippen LogP contribution in [-0.2, 0) is 0 Å². The number of pyridine rings is 2. The number of aromatic nitrogens is 2. The molecule has 2 aromatic heterocycles. The summed E-state index contributed by atoms with van der Waals surface area (Å²) in [5.74, 6) is 6.89. The zero-order valence-corrected chi connectivity index (χ0v) is 52.8. The molecule has 450 valence electrons. The summed E-state index contributed by atoms with van der Waals surface area (Å²) in [6.07, 6.45) is 43.1. The first kappa shape index (κ1) is 66.1. The summed E-state index contributed by atoms with van der Waals surface area (Å²) >= 11 is 0. The molecule has 0 aliphatic rings. The second kappa shape index (κ2) is 37.3. The SMILES string of the molecule is CCCCC(CC)COc1cc(C=Cc2cncc(-c3cncc(C=Cc4cc(OCC(CC)CCCC)c(C=Cc5ccc(OC)cc5)cc4OCC(CC)CCCC)c3)c2)c(OCC(CC)CCCC)cc1C=Cc1ccc(OC)cc1. The monoisotopic (exact) mass is 1140 g/mol.